The first kappa shape index (κ1) is 6.59. The molecule has 0 aromatic heterocycles. The molecule has 7 heavy (non-hydrogen) atoms. The number of hydrogen-bond donors (Lipinski definition) is 3. The standard InChI is InChI=1S/C4H11N3/c1-6-4(3-5)7-2/h3-7H,1-2H3. The van der Waals surface area contributed by atoms with Crippen LogP contribution in [0.3, 0.4) is 0 Å². The van der Waals surface area contributed by atoms with Crippen LogP contribution in [-0.4, -0.2) is 26.5 Å². The van der Waals surface area contributed by atoms with Crippen molar-refractivity contribution in [3.8, 4) is 0 Å². The van der Waals surface area contributed by atoms with Crippen molar-refractivity contribution < 1.29 is 0 Å². The first-order valence-corrected chi connectivity index (χ1v) is 2.20. The fourth-order valence-electron chi connectivity index (χ4n) is 0.311. The van der Waals surface area contributed by atoms with Crippen molar-refractivity contribution in [3.63, 3.8) is 0 Å². The first-order chi connectivity index (χ1) is 3.35. The number of hydrogen-bond acceptors (Lipinski definition) is 3. The Hall–Kier alpha value is -0.410. The van der Waals surface area contributed by atoms with Gasteiger partial charge in [-0.05, 0) is 14.1 Å². The summed E-state index contributed by atoms with van der Waals surface area (Å²) >= 11 is 0. The second kappa shape index (κ2) is 3.77. The molecule has 0 aliphatic carbocycles. The van der Waals surface area contributed by atoms with E-state index in [1.807, 2.05) is 0 Å². The van der Waals surface area contributed by atoms with Gasteiger partial charge in [-0.15, -0.1) is 0 Å². The molecule has 3 N–H and O–H groups in total. The topological polar surface area (TPSA) is 47.9 Å². The van der Waals surface area contributed by atoms with E-state index in [0.29, 0.717) is 0 Å². The molecule has 0 radical (unpaired) electrons. The molecule has 0 spiro atoms. The van der Waals surface area contributed by atoms with Gasteiger partial charge in [-0.1, -0.05) is 0 Å². The minimum absolute atomic E-state index is 0.0278. The fraction of sp³-hybridized carbons (Fsp3) is 0.750. The van der Waals surface area contributed by atoms with Crippen molar-refractivity contribution in [3.05, 3.63) is 0 Å². The predicted octanol–water partition coefficient (Wildman–Crippen LogP) is -0.599. The molecule has 0 aromatic rings. The lowest BCUT2D eigenvalue weighted by molar-refractivity contribution is 0.625. The largest absolute Gasteiger partial charge is 0.310 e. The van der Waals surface area contributed by atoms with Crippen LogP contribution >= 0.6 is 0 Å². The van der Waals surface area contributed by atoms with Crippen LogP contribution in [0.1, 0.15) is 0 Å². The van der Waals surface area contributed by atoms with Gasteiger partial charge in [0.25, 0.3) is 0 Å². The van der Waals surface area contributed by atoms with Crippen LogP contribution in [0.2, 0.25) is 0 Å². The van der Waals surface area contributed by atoms with Gasteiger partial charge >= 0.3 is 0 Å². The Morgan fingerprint density at radius 1 is 1.43 bits per heavy atom. The molecule has 0 unspecified atom stereocenters. The number of rotatable bonds is 3. The van der Waals surface area contributed by atoms with Crippen molar-refractivity contribution in [2.24, 2.45) is 0 Å². The lowest BCUT2D eigenvalue weighted by atomic mass is 10.5. The molecule has 0 bridgehead atoms. The third kappa shape index (κ3) is 2.31. The second-order valence-electron chi connectivity index (χ2n) is 1.22. The molecule has 0 fully saturated rings. The summed E-state index contributed by atoms with van der Waals surface area (Å²) in [5, 5.41) is 12.4. The van der Waals surface area contributed by atoms with Crippen molar-refractivity contribution in [1.82, 2.24) is 10.6 Å². The van der Waals surface area contributed by atoms with Crippen LogP contribution in [0.5, 0.6) is 0 Å². The summed E-state index contributed by atoms with van der Waals surface area (Å²) in [5.74, 6) is 0. The third-order valence-electron chi connectivity index (χ3n) is 0.789. The molecule has 0 saturated carbocycles. The normalized spacial score (nSPS) is 9.57. The van der Waals surface area contributed by atoms with Crippen LogP contribution in [0.4, 0.5) is 0 Å². The zero-order chi connectivity index (χ0) is 5.70. The monoisotopic (exact) mass is 101 g/mol. The van der Waals surface area contributed by atoms with Gasteiger partial charge in [0.2, 0.25) is 0 Å². The van der Waals surface area contributed by atoms with Gasteiger partial charge in [-0.3, -0.25) is 0 Å². The highest BCUT2D eigenvalue weighted by molar-refractivity contribution is 5.59. The zero-order valence-corrected chi connectivity index (χ0v) is 4.65. The van der Waals surface area contributed by atoms with Crippen molar-refractivity contribution in [2.45, 2.75) is 6.17 Å². The Morgan fingerprint density at radius 3 is 1.86 bits per heavy atom. The molecule has 0 atom stereocenters. The average molecular weight is 101 g/mol. The molecule has 0 aliphatic rings. The van der Waals surface area contributed by atoms with Gasteiger partial charge < -0.3 is 16.0 Å². The van der Waals surface area contributed by atoms with Crippen LogP contribution in [-0.2, 0) is 0 Å². The van der Waals surface area contributed by atoms with Gasteiger partial charge in [-0.2, -0.15) is 0 Å². The molecule has 3 heteroatoms. The molecule has 0 amide bonds. The summed E-state index contributed by atoms with van der Waals surface area (Å²) in [7, 11) is 3.60. The van der Waals surface area contributed by atoms with Crippen molar-refractivity contribution in [2.75, 3.05) is 14.1 Å². The summed E-state index contributed by atoms with van der Waals surface area (Å²) < 4.78 is 0. The van der Waals surface area contributed by atoms with E-state index >= 15 is 0 Å². The Bertz CT molecular complexity index is 48.9. The number of nitrogens with one attached hydrogen (secondary N) is 3. The van der Waals surface area contributed by atoms with Gasteiger partial charge in [0, 0.05) is 6.21 Å². The van der Waals surface area contributed by atoms with Crippen LogP contribution in [0, 0.1) is 5.41 Å². The summed E-state index contributed by atoms with van der Waals surface area (Å²) in [6.45, 7) is 0. The Kier molecular flexibility index (Phi) is 3.55. The van der Waals surface area contributed by atoms with E-state index in [1.165, 1.54) is 6.21 Å². The maximum atomic E-state index is 6.71. The first-order valence-electron chi connectivity index (χ1n) is 2.20. The molecule has 3 nitrogen and oxygen atoms in total. The van der Waals surface area contributed by atoms with E-state index < -0.39 is 0 Å². The Balaban J connectivity index is 3.16. The quantitative estimate of drug-likeness (QED) is 0.328. The Morgan fingerprint density at radius 2 is 1.86 bits per heavy atom. The van der Waals surface area contributed by atoms with E-state index in [2.05, 4.69) is 10.6 Å². The van der Waals surface area contributed by atoms with Crippen LogP contribution < -0.4 is 10.6 Å². The molecule has 0 aliphatic heterocycles. The third-order valence-corrected chi connectivity index (χ3v) is 0.789. The average Bonchev–Trinajstić information content (AvgIpc) is 1.72. The van der Waals surface area contributed by atoms with Gasteiger partial charge in [0.15, 0.2) is 0 Å². The van der Waals surface area contributed by atoms with E-state index in [9.17, 15) is 0 Å². The molecular weight excluding hydrogens is 90.1 g/mol. The molecular formula is C4H11N3. The smallest absolute Gasteiger partial charge is 0.0927 e. The van der Waals surface area contributed by atoms with E-state index in [1.54, 1.807) is 14.1 Å². The lowest BCUT2D eigenvalue weighted by Crippen LogP contribution is -2.38. The van der Waals surface area contributed by atoms with E-state index in [-0.39, 0.29) is 6.17 Å². The molecule has 0 saturated heterocycles. The lowest BCUT2D eigenvalue weighted by Gasteiger charge is -2.05. The van der Waals surface area contributed by atoms with E-state index in [4.69, 9.17) is 5.41 Å². The van der Waals surface area contributed by atoms with Crippen molar-refractivity contribution >= 4 is 6.21 Å². The second-order valence-corrected chi connectivity index (χ2v) is 1.22. The van der Waals surface area contributed by atoms with Crippen LogP contribution in [0.15, 0.2) is 0 Å². The van der Waals surface area contributed by atoms with Gasteiger partial charge in [0.05, 0.1) is 6.17 Å². The Labute approximate surface area is 43.6 Å². The molecule has 42 valence electrons. The SMILES string of the molecule is CNC(C=N)NC. The minimum atomic E-state index is 0.0278. The van der Waals surface area contributed by atoms with Crippen molar-refractivity contribution in [1.29, 1.82) is 5.41 Å². The van der Waals surface area contributed by atoms with Gasteiger partial charge in [0.1, 0.15) is 0 Å². The summed E-state index contributed by atoms with van der Waals surface area (Å²) in [6, 6.07) is 0. The molecule has 0 heterocycles. The summed E-state index contributed by atoms with van der Waals surface area (Å²) in [5.41, 5.74) is 0. The summed E-state index contributed by atoms with van der Waals surface area (Å²) in [6.07, 6.45) is 1.33. The highest BCUT2D eigenvalue weighted by Crippen LogP contribution is 1.59. The predicted molar refractivity (Wildman–Crippen MR) is 30.7 cm³/mol. The van der Waals surface area contributed by atoms with Crippen LogP contribution in [0.25, 0.3) is 0 Å². The maximum absolute atomic E-state index is 6.71. The fourth-order valence-corrected chi connectivity index (χ4v) is 0.311. The highest BCUT2D eigenvalue weighted by atomic mass is 15.1. The maximum Gasteiger partial charge on any atom is 0.0927 e. The minimum Gasteiger partial charge on any atom is -0.310 e. The zero-order valence-electron chi connectivity index (χ0n) is 4.65. The molecule has 0 aromatic carbocycles. The summed E-state index contributed by atoms with van der Waals surface area (Å²) in [4.78, 5) is 0. The highest BCUT2D eigenvalue weighted by Gasteiger charge is 1.90. The van der Waals surface area contributed by atoms with E-state index in [0.717, 1.165) is 0 Å². The van der Waals surface area contributed by atoms with Gasteiger partial charge in [-0.25, -0.2) is 0 Å². The molecule has 0 rings (SSSR count).